The van der Waals surface area contributed by atoms with Crippen LogP contribution < -0.4 is 5.73 Å². The van der Waals surface area contributed by atoms with E-state index in [0.717, 1.165) is 38.5 Å². The van der Waals surface area contributed by atoms with Crippen molar-refractivity contribution in [3.8, 4) is 0 Å². The topological polar surface area (TPSA) is 116 Å². The summed E-state index contributed by atoms with van der Waals surface area (Å²) in [5, 5.41) is 9.18. The summed E-state index contributed by atoms with van der Waals surface area (Å²) in [5.74, 6) is -0.865. The lowest BCUT2D eigenvalue weighted by molar-refractivity contribution is -0.172. The van der Waals surface area contributed by atoms with Crippen LogP contribution in [0.3, 0.4) is 0 Å². The van der Waals surface area contributed by atoms with Gasteiger partial charge in [0.2, 0.25) is 0 Å². The molecule has 0 spiro atoms. The van der Waals surface area contributed by atoms with Crippen molar-refractivity contribution in [3.05, 3.63) is 0 Å². The third-order valence-corrected chi connectivity index (χ3v) is 8.24. The molecular formula is C25H46ClNO6. The highest BCUT2D eigenvalue weighted by Gasteiger charge is 2.56. The third kappa shape index (κ3) is 6.41. The Morgan fingerprint density at radius 1 is 0.606 bits per heavy atom. The van der Waals surface area contributed by atoms with Crippen LogP contribution in [-0.2, 0) is 23.9 Å². The highest BCUT2D eigenvalue weighted by Crippen LogP contribution is 2.57. The maximum Gasteiger partial charge on any atom is 0.311 e. The average Bonchev–Trinajstić information content (AvgIpc) is 2.87. The molecule has 8 heteroatoms. The molecule has 6 aliphatic carbocycles. The van der Waals surface area contributed by atoms with Crippen LogP contribution in [0.1, 0.15) is 105 Å². The lowest BCUT2D eigenvalue weighted by Crippen LogP contribution is -2.54. The molecule has 4 bridgehead atoms. The van der Waals surface area contributed by atoms with Gasteiger partial charge in [0.1, 0.15) is 0 Å². The predicted molar refractivity (Wildman–Crippen MR) is 131 cm³/mol. The molecule has 0 heterocycles. The predicted octanol–water partition coefficient (Wildman–Crippen LogP) is 5.27. The summed E-state index contributed by atoms with van der Waals surface area (Å²) < 4.78 is 9.68. The van der Waals surface area contributed by atoms with Crippen LogP contribution in [-0.4, -0.2) is 42.8 Å². The number of methoxy groups -OCH3 is 2. The van der Waals surface area contributed by atoms with Crippen molar-refractivity contribution in [2.45, 2.75) is 110 Å². The molecule has 0 aromatic heterocycles. The molecule has 0 unspecified atom stereocenters. The normalized spacial score (nSPS) is 35.0. The maximum atomic E-state index is 11.6. The van der Waals surface area contributed by atoms with Crippen LogP contribution in [0.15, 0.2) is 0 Å². The van der Waals surface area contributed by atoms with Gasteiger partial charge in [-0.25, -0.2) is 0 Å². The summed E-state index contributed by atoms with van der Waals surface area (Å²) in [5.41, 5.74) is 5.10. The van der Waals surface area contributed by atoms with Gasteiger partial charge < -0.3 is 20.3 Å². The van der Waals surface area contributed by atoms with E-state index in [1.54, 1.807) is 0 Å². The van der Waals surface area contributed by atoms with Crippen molar-refractivity contribution in [2.24, 2.45) is 22.0 Å². The van der Waals surface area contributed by atoms with Gasteiger partial charge in [0.15, 0.2) is 0 Å². The van der Waals surface area contributed by atoms with Gasteiger partial charge in [-0.15, -0.1) is 12.4 Å². The van der Waals surface area contributed by atoms with E-state index in [4.69, 9.17) is 15.2 Å². The number of halogens is 1. The van der Waals surface area contributed by atoms with Crippen LogP contribution in [0.5, 0.6) is 0 Å². The Balaban J connectivity index is 0.000000529. The van der Waals surface area contributed by atoms with Gasteiger partial charge in [-0.3, -0.25) is 14.4 Å². The van der Waals surface area contributed by atoms with Crippen molar-refractivity contribution >= 4 is 30.3 Å². The molecule has 6 aliphatic rings. The Morgan fingerprint density at radius 2 is 0.848 bits per heavy atom. The van der Waals surface area contributed by atoms with E-state index < -0.39 is 11.4 Å². The van der Waals surface area contributed by atoms with Gasteiger partial charge >= 0.3 is 17.9 Å². The fourth-order valence-electron chi connectivity index (χ4n) is 5.77. The third-order valence-electron chi connectivity index (χ3n) is 8.24. The number of carbonyl (C=O) groups is 3. The van der Waals surface area contributed by atoms with E-state index in [0.29, 0.717) is 38.5 Å². The maximum absolute atomic E-state index is 11.6. The zero-order valence-electron chi connectivity index (χ0n) is 21.5. The van der Waals surface area contributed by atoms with Gasteiger partial charge in [-0.1, -0.05) is 27.7 Å². The smallest absolute Gasteiger partial charge is 0.311 e. The molecule has 6 rings (SSSR count). The monoisotopic (exact) mass is 491 g/mol. The van der Waals surface area contributed by atoms with Crippen molar-refractivity contribution in [1.82, 2.24) is 0 Å². The van der Waals surface area contributed by atoms with Gasteiger partial charge in [0.25, 0.3) is 0 Å². The van der Waals surface area contributed by atoms with Crippen LogP contribution in [0, 0.1) is 16.2 Å². The number of hydrogen-bond donors (Lipinski definition) is 2. The SMILES string of the molecule is CC.CC.COC(=O)C12CCC(C(=O)O)(CC1)CC2.COC(=O)C12CCC(N)(CC1)CC2.Cl. The number of fused-ring (bicyclic) bond motifs is 6. The first-order valence-corrected chi connectivity index (χ1v) is 12.3. The first-order valence-electron chi connectivity index (χ1n) is 12.3. The van der Waals surface area contributed by atoms with Crippen LogP contribution >= 0.6 is 12.4 Å². The molecule has 7 nitrogen and oxygen atoms in total. The Labute approximate surface area is 205 Å². The van der Waals surface area contributed by atoms with Crippen LogP contribution in [0.4, 0.5) is 0 Å². The first kappa shape index (κ1) is 31.7. The lowest BCUT2D eigenvalue weighted by atomic mass is 9.54. The molecule has 6 fully saturated rings. The van der Waals surface area contributed by atoms with Gasteiger partial charge in [0.05, 0.1) is 30.5 Å². The van der Waals surface area contributed by atoms with Crippen molar-refractivity contribution in [3.63, 3.8) is 0 Å². The Morgan fingerprint density at radius 3 is 1.09 bits per heavy atom. The highest BCUT2D eigenvalue weighted by atomic mass is 35.5. The Kier molecular flexibility index (Phi) is 12.4. The summed E-state index contributed by atoms with van der Waals surface area (Å²) in [4.78, 5) is 34.4. The van der Waals surface area contributed by atoms with Crippen molar-refractivity contribution in [1.29, 1.82) is 0 Å². The number of nitrogens with two attached hydrogens (primary N) is 1. The summed E-state index contributed by atoms with van der Waals surface area (Å²) in [6, 6.07) is 0. The molecular weight excluding hydrogens is 446 g/mol. The van der Waals surface area contributed by atoms with E-state index >= 15 is 0 Å². The Hall–Kier alpha value is -1.34. The number of aliphatic carboxylic acids is 1. The van der Waals surface area contributed by atoms with Gasteiger partial charge in [0, 0.05) is 5.54 Å². The molecule has 6 saturated carbocycles. The van der Waals surface area contributed by atoms with Crippen molar-refractivity contribution in [2.75, 3.05) is 14.2 Å². The molecule has 194 valence electrons. The lowest BCUT2D eigenvalue weighted by Gasteiger charge is -2.49. The first-order chi connectivity index (χ1) is 15.1. The molecule has 33 heavy (non-hydrogen) atoms. The van der Waals surface area contributed by atoms with E-state index in [-0.39, 0.29) is 40.7 Å². The summed E-state index contributed by atoms with van der Waals surface area (Å²) >= 11 is 0. The molecule has 0 saturated heterocycles. The van der Waals surface area contributed by atoms with Gasteiger partial charge in [-0.05, 0) is 77.0 Å². The molecule has 0 amide bonds. The zero-order valence-corrected chi connectivity index (χ0v) is 22.3. The fraction of sp³-hybridized carbons (Fsp3) is 0.880. The molecule has 0 aromatic rings. The quantitative estimate of drug-likeness (QED) is 0.516. The van der Waals surface area contributed by atoms with E-state index in [1.807, 2.05) is 27.7 Å². The van der Waals surface area contributed by atoms with Crippen LogP contribution in [0.2, 0.25) is 0 Å². The largest absolute Gasteiger partial charge is 0.481 e. The molecule has 3 N–H and O–H groups in total. The molecule has 0 aliphatic heterocycles. The number of rotatable bonds is 3. The van der Waals surface area contributed by atoms with E-state index in [9.17, 15) is 19.5 Å². The summed E-state index contributed by atoms with van der Waals surface area (Å²) in [6.07, 6.45) is 9.63. The summed E-state index contributed by atoms with van der Waals surface area (Å²) in [6.45, 7) is 8.00. The van der Waals surface area contributed by atoms with Crippen LogP contribution in [0.25, 0.3) is 0 Å². The second-order valence-electron chi connectivity index (χ2n) is 9.49. The minimum absolute atomic E-state index is 0. The number of carboxylic acid groups (broad SMARTS) is 1. The molecule has 0 aromatic carbocycles. The van der Waals surface area contributed by atoms with Gasteiger partial charge in [-0.2, -0.15) is 0 Å². The highest BCUT2D eigenvalue weighted by molar-refractivity contribution is 5.85. The van der Waals surface area contributed by atoms with E-state index in [2.05, 4.69) is 0 Å². The molecule has 0 atom stereocenters. The minimum Gasteiger partial charge on any atom is -0.481 e. The number of carboxylic acids is 1. The zero-order chi connectivity index (χ0) is 24.6. The second kappa shape index (κ2) is 12.9. The Bertz CT molecular complexity index is 616. The summed E-state index contributed by atoms with van der Waals surface area (Å²) in [7, 11) is 2.89. The number of carbonyl (C=O) groups excluding carboxylic acids is 2. The fourth-order valence-corrected chi connectivity index (χ4v) is 5.77. The average molecular weight is 492 g/mol. The number of hydrogen-bond acceptors (Lipinski definition) is 6. The number of esters is 2. The standard InChI is InChI=1S/C11H16O4.C10H17NO2.2C2H6.ClH/c1-15-9(14)11-5-2-10(3-6-11,4-7-11)8(12)13;1-13-8(12)9-2-5-10(11,6-3-9)7-4-9;2*1-2;/h2-7H2,1H3,(H,12,13);2-7,11H2,1H3;2*1-2H3;1H. The number of ether oxygens (including phenoxy) is 2. The second-order valence-corrected chi connectivity index (χ2v) is 9.49. The van der Waals surface area contributed by atoms with E-state index in [1.165, 1.54) is 14.2 Å². The minimum atomic E-state index is -0.694. The molecule has 0 radical (unpaired) electrons. The van der Waals surface area contributed by atoms with Crippen molar-refractivity contribution < 1.29 is 29.0 Å².